The Bertz CT molecular complexity index is 743. The summed E-state index contributed by atoms with van der Waals surface area (Å²) >= 11 is 0. The standard InChI is InChI=1S/C19H23N3O3/c1-13-6-4-5-7-17(13)24-12-19(23)22-9-8-16(11-22)25-18-10-14(2)20-15(3)21-18/h4-7,10,16H,8-9,11-12H2,1-3H3/t16-/m0/s1. The van der Waals surface area contributed by atoms with Crippen LogP contribution in [0, 0.1) is 20.8 Å². The number of carbonyl (C=O) groups excluding carboxylic acids is 1. The van der Waals surface area contributed by atoms with Crippen molar-refractivity contribution in [3.8, 4) is 11.6 Å². The number of aryl methyl sites for hydroxylation is 3. The number of likely N-dealkylation sites (tertiary alicyclic amines) is 1. The van der Waals surface area contributed by atoms with Gasteiger partial charge in [-0.25, -0.2) is 4.98 Å². The summed E-state index contributed by atoms with van der Waals surface area (Å²) in [5.74, 6) is 1.98. The lowest BCUT2D eigenvalue weighted by molar-refractivity contribution is -0.132. The number of rotatable bonds is 5. The highest BCUT2D eigenvalue weighted by atomic mass is 16.5. The Morgan fingerprint density at radius 1 is 1.24 bits per heavy atom. The molecule has 25 heavy (non-hydrogen) atoms. The fourth-order valence-electron chi connectivity index (χ4n) is 2.91. The molecule has 0 N–H and O–H groups in total. The Hall–Kier alpha value is -2.63. The summed E-state index contributed by atoms with van der Waals surface area (Å²) in [6.07, 6.45) is 0.745. The molecule has 1 aliphatic heterocycles. The van der Waals surface area contributed by atoms with Crippen molar-refractivity contribution >= 4 is 5.91 Å². The summed E-state index contributed by atoms with van der Waals surface area (Å²) in [7, 11) is 0. The summed E-state index contributed by atoms with van der Waals surface area (Å²) in [5.41, 5.74) is 1.90. The number of hydrogen-bond donors (Lipinski definition) is 0. The van der Waals surface area contributed by atoms with Crippen molar-refractivity contribution in [1.82, 2.24) is 14.9 Å². The number of para-hydroxylation sites is 1. The average molecular weight is 341 g/mol. The van der Waals surface area contributed by atoms with Crippen LogP contribution >= 0.6 is 0 Å². The molecule has 0 unspecified atom stereocenters. The zero-order valence-electron chi connectivity index (χ0n) is 14.9. The molecule has 2 heterocycles. The summed E-state index contributed by atoms with van der Waals surface area (Å²) in [4.78, 5) is 22.7. The molecule has 0 aliphatic carbocycles. The topological polar surface area (TPSA) is 64.5 Å². The van der Waals surface area contributed by atoms with Crippen LogP contribution in [-0.2, 0) is 4.79 Å². The largest absolute Gasteiger partial charge is 0.484 e. The van der Waals surface area contributed by atoms with Gasteiger partial charge in [0.05, 0.1) is 6.54 Å². The molecular formula is C19H23N3O3. The second-order valence-electron chi connectivity index (χ2n) is 6.32. The van der Waals surface area contributed by atoms with Crippen molar-refractivity contribution < 1.29 is 14.3 Å². The van der Waals surface area contributed by atoms with Gasteiger partial charge in [0.25, 0.3) is 5.91 Å². The van der Waals surface area contributed by atoms with E-state index in [1.165, 1.54) is 0 Å². The number of benzene rings is 1. The van der Waals surface area contributed by atoms with Crippen LogP contribution < -0.4 is 9.47 Å². The summed E-state index contributed by atoms with van der Waals surface area (Å²) < 4.78 is 11.6. The average Bonchev–Trinajstić information content (AvgIpc) is 3.01. The molecule has 1 atom stereocenters. The number of nitrogens with zero attached hydrogens (tertiary/aromatic N) is 3. The molecule has 3 rings (SSSR count). The van der Waals surface area contributed by atoms with E-state index in [-0.39, 0.29) is 18.6 Å². The molecule has 0 radical (unpaired) electrons. The monoisotopic (exact) mass is 341 g/mol. The van der Waals surface area contributed by atoms with Crippen LogP contribution in [0.3, 0.4) is 0 Å². The molecular weight excluding hydrogens is 318 g/mol. The maximum atomic E-state index is 12.4. The lowest BCUT2D eigenvalue weighted by atomic mass is 10.2. The Kier molecular flexibility index (Phi) is 5.16. The van der Waals surface area contributed by atoms with Gasteiger partial charge in [-0.2, -0.15) is 4.98 Å². The van der Waals surface area contributed by atoms with Crippen LogP contribution in [0.2, 0.25) is 0 Å². The van der Waals surface area contributed by atoms with Crippen LogP contribution in [0.4, 0.5) is 0 Å². The Balaban J connectivity index is 1.52. The predicted octanol–water partition coefficient (Wildman–Crippen LogP) is 2.46. The fraction of sp³-hybridized carbons (Fsp3) is 0.421. The third-order valence-electron chi connectivity index (χ3n) is 4.17. The van der Waals surface area contributed by atoms with Crippen molar-refractivity contribution in [2.75, 3.05) is 19.7 Å². The van der Waals surface area contributed by atoms with Gasteiger partial charge in [-0.3, -0.25) is 4.79 Å². The number of aromatic nitrogens is 2. The number of ether oxygens (including phenoxy) is 2. The van der Waals surface area contributed by atoms with Crippen LogP contribution in [0.15, 0.2) is 30.3 Å². The van der Waals surface area contributed by atoms with Gasteiger partial charge < -0.3 is 14.4 Å². The van der Waals surface area contributed by atoms with Gasteiger partial charge in [0, 0.05) is 24.7 Å². The quantitative estimate of drug-likeness (QED) is 0.836. The van der Waals surface area contributed by atoms with E-state index in [4.69, 9.17) is 9.47 Å². The first-order valence-electron chi connectivity index (χ1n) is 8.46. The third kappa shape index (κ3) is 4.47. The minimum Gasteiger partial charge on any atom is -0.484 e. The minimum absolute atomic E-state index is 0.0237. The first kappa shape index (κ1) is 17.2. The fourth-order valence-corrected chi connectivity index (χ4v) is 2.91. The smallest absolute Gasteiger partial charge is 0.260 e. The molecule has 6 heteroatoms. The number of amides is 1. The minimum atomic E-state index is -0.0453. The highest BCUT2D eigenvalue weighted by molar-refractivity contribution is 5.78. The molecule has 0 spiro atoms. The van der Waals surface area contributed by atoms with Crippen LogP contribution in [-0.4, -0.2) is 46.6 Å². The summed E-state index contributed by atoms with van der Waals surface area (Å²) in [6, 6.07) is 9.50. The summed E-state index contributed by atoms with van der Waals surface area (Å²) in [6.45, 7) is 6.98. The van der Waals surface area contributed by atoms with Gasteiger partial charge in [0.1, 0.15) is 17.7 Å². The van der Waals surface area contributed by atoms with E-state index in [2.05, 4.69) is 9.97 Å². The molecule has 132 valence electrons. The lowest BCUT2D eigenvalue weighted by Gasteiger charge is -2.18. The van der Waals surface area contributed by atoms with Gasteiger partial charge in [0.15, 0.2) is 6.61 Å². The summed E-state index contributed by atoms with van der Waals surface area (Å²) in [5, 5.41) is 0. The Morgan fingerprint density at radius 3 is 2.80 bits per heavy atom. The molecule has 1 aromatic heterocycles. The highest BCUT2D eigenvalue weighted by Crippen LogP contribution is 2.19. The van der Waals surface area contributed by atoms with E-state index in [1.54, 1.807) is 4.90 Å². The van der Waals surface area contributed by atoms with Crippen molar-refractivity contribution in [3.05, 3.63) is 47.4 Å². The van der Waals surface area contributed by atoms with Crippen molar-refractivity contribution in [2.24, 2.45) is 0 Å². The Morgan fingerprint density at radius 2 is 2.04 bits per heavy atom. The van der Waals surface area contributed by atoms with Crippen LogP contribution in [0.1, 0.15) is 23.5 Å². The maximum absolute atomic E-state index is 12.4. The normalized spacial score (nSPS) is 16.8. The van der Waals surface area contributed by atoms with Gasteiger partial charge >= 0.3 is 0 Å². The van der Waals surface area contributed by atoms with Crippen molar-refractivity contribution in [2.45, 2.75) is 33.3 Å². The molecule has 1 aromatic carbocycles. The molecule has 1 aliphatic rings. The molecule has 0 bridgehead atoms. The molecule has 1 fully saturated rings. The molecule has 1 saturated heterocycles. The second kappa shape index (κ2) is 7.51. The van der Waals surface area contributed by atoms with E-state index in [1.807, 2.05) is 51.1 Å². The van der Waals surface area contributed by atoms with Crippen molar-refractivity contribution in [3.63, 3.8) is 0 Å². The van der Waals surface area contributed by atoms with Gasteiger partial charge in [-0.05, 0) is 32.4 Å². The molecule has 0 saturated carbocycles. The Labute approximate surface area is 147 Å². The maximum Gasteiger partial charge on any atom is 0.260 e. The number of hydrogen-bond acceptors (Lipinski definition) is 5. The van der Waals surface area contributed by atoms with E-state index >= 15 is 0 Å². The lowest BCUT2D eigenvalue weighted by Crippen LogP contribution is -2.34. The van der Waals surface area contributed by atoms with E-state index in [0.29, 0.717) is 24.8 Å². The zero-order valence-corrected chi connectivity index (χ0v) is 14.9. The van der Waals surface area contributed by atoms with Gasteiger partial charge in [-0.15, -0.1) is 0 Å². The van der Waals surface area contributed by atoms with Crippen LogP contribution in [0.25, 0.3) is 0 Å². The van der Waals surface area contributed by atoms with Gasteiger partial charge in [-0.1, -0.05) is 18.2 Å². The first-order chi connectivity index (χ1) is 12.0. The first-order valence-corrected chi connectivity index (χ1v) is 8.46. The SMILES string of the molecule is Cc1cc(O[C@H]2CCN(C(=O)COc3ccccc3C)C2)nc(C)n1. The predicted molar refractivity (Wildman–Crippen MR) is 93.8 cm³/mol. The third-order valence-corrected chi connectivity index (χ3v) is 4.17. The van der Waals surface area contributed by atoms with E-state index < -0.39 is 0 Å². The van der Waals surface area contributed by atoms with E-state index in [9.17, 15) is 4.79 Å². The van der Waals surface area contributed by atoms with Crippen LogP contribution in [0.5, 0.6) is 11.6 Å². The van der Waals surface area contributed by atoms with Gasteiger partial charge in [0.2, 0.25) is 5.88 Å². The molecule has 6 nitrogen and oxygen atoms in total. The second-order valence-corrected chi connectivity index (χ2v) is 6.32. The van der Waals surface area contributed by atoms with E-state index in [0.717, 1.165) is 23.4 Å². The molecule has 1 amide bonds. The molecule has 2 aromatic rings. The number of carbonyl (C=O) groups is 1. The highest BCUT2D eigenvalue weighted by Gasteiger charge is 2.28. The zero-order chi connectivity index (χ0) is 17.8. The van der Waals surface area contributed by atoms with Crippen molar-refractivity contribution in [1.29, 1.82) is 0 Å².